The molecule has 8 rings (SSSR count). The maximum Gasteiger partial charge on any atom is 0.414 e. The number of carbonyl (C=O) groups is 7. The van der Waals surface area contributed by atoms with Crippen molar-refractivity contribution in [3.8, 4) is 0 Å². The molecule has 4 aliphatic heterocycles. The van der Waals surface area contributed by atoms with Gasteiger partial charge in [0.2, 0.25) is 26.0 Å². The highest BCUT2D eigenvalue weighted by atomic mass is 32.2. The summed E-state index contributed by atoms with van der Waals surface area (Å²) in [6, 6.07) is 21.6. The number of ketones is 2. The van der Waals surface area contributed by atoms with E-state index in [1.165, 1.54) is 65.8 Å². The molecule has 0 radical (unpaired) electrons. The van der Waals surface area contributed by atoms with Crippen LogP contribution in [0.5, 0.6) is 0 Å². The molecule has 0 unspecified atom stereocenters. The number of nitrogens with zero attached hydrogens (tertiary/aromatic N) is 6. The van der Waals surface area contributed by atoms with Crippen LogP contribution < -0.4 is 45.0 Å². The molecule has 26 nitrogen and oxygen atoms in total. The maximum absolute atomic E-state index is 15.2. The Hall–Kier alpha value is -8.35. The summed E-state index contributed by atoms with van der Waals surface area (Å²) in [5, 5.41) is 8.38. The Balaban J connectivity index is 0.000000275. The fraction of sp³-hybridized carbons (Fsp3) is 0.530. The number of sulfonamides is 2. The number of hydrogen-bond donors (Lipinski definition) is 5. The summed E-state index contributed by atoms with van der Waals surface area (Å²) in [7, 11) is -6.68. The Kier molecular flexibility index (Phi) is 29.5. The van der Waals surface area contributed by atoms with Crippen LogP contribution in [0.25, 0.3) is 0 Å². The number of amides is 5. The van der Waals surface area contributed by atoms with Crippen molar-refractivity contribution in [2.24, 2.45) is 0 Å². The highest BCUT2D eigenvalue weighted by Gasteiger charge is 2.36. The van der Waals surface area contributed by atoms with Crippen LogP contribution in [0.3, 0.4) is 0 Å². The molecule has 0 aromatic heterocycles. The summed E-state index contributed by atoms with van der Waals surface area (Å²) in [6.07, 6.45) is -0.112. The standard InChI is InChI=1S/C30H38FN5O8S.C19H27FN4O4.C11H15NO3S.C6H15N/c1-30(2,3)44-28(39)32-18-23-19-36(29(40)43-23)22-9-10-25(24(31)17-22)34-13-15-35(16-14-34)27(38)12-11-26(37)20-5-7-21(8-6-20)33-45(4,41)42;1-19(2,3)28-17(25)22-11-14-12-24(18(26)27-14)13-4-5-16(15(20)10-13)23-8-6-21-7-9-23;1-3-4-11(13)9-5-7-10(8-6-9)12-16(2,14)15;1-4-7(5-2)6-3/h5-10,17,23,33H,11-16,18-19H2,1-4H3,(H,32,39);4-5,10,14,21H,6-9,11-12H2,1-3H3,(H,22,25);5-8,12H,3-4H2,1-2H3;4-6H2,1-3H3/t23-;14-;;/m00../s1. The monoisotopic (exact) mass is 1380 g/mol. The molecule has 4 aromatic carbocycles. The molecule has 2 atom stereocenters. The van der Waals surface area contributed by atoms with Gasteiger partial charge in [0.1, 0.15) is 35.0 Å². The maximum atomic E-state index is 15.2. The van der Waals surface area contributed by atoms with E-state index in [9.17, 15) is 54.8 Å². The van der Waals surface area contributed by atoms with Crippen LogP contribution in [0.4, 0.5) is 62.1 Å². The Morgan fingerprint density at radius 2 is 0.948 bits per heavy atom. The van der Waals surface area contributed by atoms with Crippen molar-refractivity contribution in [3.05, 3.63) is 108 Å². The quantitative estimate of drug-likeness (QED) is 0.0362. The number of cyclic esters (lactones) is 2. The van der Waals surface area contributed by atoms with Gasteiger partial charge in [0.05, 0.1) is 61.4 Å². The van der Waals surface area contributed by atoms with Crippen LogP contribution in [-0.2, 0) is 43.8 Å². The van der Waals surface area contributed by atoms with E-state index in [0.29, 0.717) is 77.9 Å². The third-order valence-corrected chi connectivity index (χ3v) is 16.0. The number of anilines is 6. The predicted molar refractivity (Wildman–Crippen MR) is 366 cm³/mol. The molecule has 96 heavy (non-hydrogen) atoms. The molecule has 4 aromatic rings. The first kappa shape index (κ1) is 78.3. The minimum atomic E-state index is -3.43. The molecule has 530 valence electrons. The number of alkyl carbamates (subject to hydrolysis) is 2. The molecule has 4 fully saturated rings. The second-order valence-electron chi connectivity index (χ2n) is 25.0. The van der Waals surface area contributed by atoms with Crippen LogP contribution in [0, 0.1) is 11.6 Å². The average molecular weight is 1380 g/mol. The summed E-state index contributed by atoms with van der Waals surface area (Å²) in [5.74, 6) is -1.24. The summed E-state index contributed by atoms with van der Waals surface area (Å²) in [5.41, 5.74) is 2.14. The van der Waals surface area contributed by atoms with E-state index in [1.807, 2.05) is 16.7 Å². The van der Waals surface area contributed by atoms with Crippen LogP contribution in [0.2, 0.25) is 0 Å². The Morgan fingerprint density at radius 1 is 0.562 bits per heavy atom. The highest BCUT2D eigenvalue weighted by molar-refractivity contribution is 7.92. The van der Waals surface area contributed by atoms with Crippen molar-refractivity contribution in [1.82, 2.24) is 25.8 Å². The van der Waals surface area contributed by atoms with E-state index in [1.54, 1.807) is 95.0 Å². The van der Waals surface area contributed by atoms with Gasteiger partial charge in [0.25, 0.3) is 0 Å². The number of Topliss-reactive ketones (excluding diaryl/α,β-unsaturated/α-hetero) is 2. The smallest absolute Gasteiger partial charge is 0.414 e. The van der Waals surface area contributed by atoms with Crippen LogP contribution in [-0.4, -0.2) is 203 Å². The molecule has 0 bridgehead atoms. The topological polar surface area (TPSA) is 304 Å². The van der Waals surface area contributed by atoms with E-state index in [2.05, 4.69) is 51.1 Å². The van der Waals surface area contributed by atoms with Gasteiger partial charge in [0, 0.05) is 94.1 Å². The zero-order chi connectivity index (χ0) is 71.1. The van der Waals surface area contributed by atoms with E-state index in [0.717, 1.165) is 45.1 Å². The van der Waals surface area contributed by atoms with E-state index in [4.69, 9.17) is 18.9 Å². The summed E-state index contributed by atoms with van der Waals surface area (Å²) >= 11 is 0. The van der Waals surface area contributed by atoms with Crippen molar-refractivity contribution in [2.75, 3.05) is 140 Å². The number of carbonyl (C=O) groups excluding carboxylic acids is 7. The number of piperazine rings is 2. The summed E-state index contributed by atoms with van der Waals surface area (Å²) in [6.45, 7) is 27.7. The van der Waals surface area contributed by atoms with Gasteiger partial charge in [0.15, 0.2) is 11.6 Å². The lowest BCUT2D eigenvalue weighted by Crippen LogP contribution is -2.49. The number of benzene rings is 4. The van der Waals surface area contributed by atoms with Crippen LogP contribution in [0.15, 0.2) is 84.9 Å². The molecule has 5 amide bonds. The van der Waals surface area contributed by atoms with Gasteiger partial charge in [-0.15, -0.1) is 0 Å². The second-order valence-corrected chi connectivity index (χ2v) is 28.5. The number of hydrogen-bond acceptors (Lipinski definition) is 19. The zero-order valence-electron chi connectivity index (χ0n) is 57.1. The fourth-order valence-corrected chi connectivity index (χ4v) is 11.2. The first-order chi connectivity index (χ1) is 45.1. The van der Waals surface area contributed by atoms with Gasteiger partial charge in [-0.3, -0.25) is 33.6 Å². The second kappa shape index (κ2) is 36.1. The number of nitrogens with one attached hydrogen (secondary N) is 5. The minimum Gasteiger partial charge on any atom is -0.444 e. The predicted octanol–water partition coefficient (Wildman–Crippen LogP) is 8.83. The molecule has 0 aliphatic carbocycles. The minimum absolute atomic E-state index is 0.00481. The van der Waals surface area contributed by atoms with Crippen LogP contribution in [0.1, 0.15) is 116 Å². The molecule has 0 spiro atoms. The summed E-state index contributed by atoms with van der Waals surface area (Å²) in [4.78, 5) is 95.6. The summed E-state index contributed by atoms with van der Waals surface area (Å²) < 4.78 is 100.0. The zero-order valence-corrected chi connectivity index (χ0v) is 58.7. The number of rotatable bonds is 22. The lowest BCUT2D eigenvalue weighted by molar-refractivity contribution is -0.131. The van der Waals surface area contributed by atoms with Crippen molar-refractivity contribution in [3.63, 3.8) is 0 Å². The molecule has 4 saturated heterocycles. The SMILES string of the molecule is CC(C)(C)OC(=O)NC[C@H]1CN(c2ccc(N3CCN(C(=O)CCC(=O)c4ccc(NS(C)(=O)=O)cc4)CC3)c(F)c2)C(=O)O1.CC(C)(C)OC(=O)NC[C@H]1CN(c2ccc(N3CCNCC3)c(F)c2)C(=O)O1.CCCC(=O)c1ccc(NS(C)(=O)=O)cc1.CCN(CC)CC. The van der Waals surface area contributed by atoms with Gasteiger partial charge < -0.3 is 54.5 Å². The first-order valence-electron chi connectivity index (χ1n) is 32.0. The van der Waals surface area contributed by atoms with Gasteiger partial charge in [-0.2, -0.15) is 0 Å². The molecular weight excluding hydrogens is 1290 g/mol. The molecule has 0 saturated carbocycles. The molecule has 4 heterocycles. The van der Waals surface area contributed by atoms with Crippen molar-refractivity contribution in [2.45, 2.75) is 118 Å². The Labute approximate surface area is 563 Å². The Morgan fingerprint density at radius 3 is 1.29 bits per heavy atom. The molecule has 4 aliphatic rings. The van der Waals surface area contributed by atoms with Gasteiger partial charge in [-0.1, -0.05) is 27.7 Å². The first-order valence-corrected chi connectivity index (χ1v) is 35.8. The van der Waals surface area contributed by atoms with E-state index in [-0.39, 0.29) is 62.3 Å². The van der Waals surface area contributed by atoms with Gasteiger partial charge in [-0.25, -0.2) is 44.8 Å². The highest BCUT2D eigenvalue weighted by Crippen LogP contribution is 2.31. The van der Waals surface area contributed by atoms with Gasteiger partial charge in [-0.05, 0) is 153 Å². The normalized spacial score (nSPS) is 16.5. The lowest BCUT2D eigenvalue weighted by atomic mass is 10.1. The van der Waals surface area contributed by atoms with Crippen molar-refractivity contribution >= 4 is 96.0 Å². The molecular formula is C66H95F2N11O15S2. The fourth-order valence-electron chi connectivity index (χ4n) is 10.1. The third kappa shape index (κ3) is 26.7. The van der Waals surface area contributed by atoms with E-state index < -0.39 is 73.6 Å². The number of halogens is 2. The number of ether oxygens (including phenoxy) is 4. The third-order valence-electron chi connectivity index (χ3n) is 14.8. The molecule has 30 heteroatoms. The van der Waals surface area contributed by atoms with Crippen molar-refractivity contribution < 1.29 is 78.1 Å². The van der Waals surface area contributed by atoms with Crippen LogP contribution >= 0.6 is 0 Å². The van der Waals surface area contributed by atoms with E-state index >= 15 is 4.39 Å². The average Bonchev–Trinajstić information content (AvgIpc) is 1.45. The lowest BCUT2D eigenvalue weighted by Gasteiger charge is -2.36. The largest absolute Gasteiger partial charge is 0.444 e. The van der Waals surface area contributed by atoms with Gasteiger partial charge >= 0.3 is 24.4 Å². The van der Waals surface area contributed by atoms with Crippen molar-refractivity contribution in [1.29, 1.82) is 0 Å². The molecule has 5 N–H and O–H groups in total. The Bertz CT molecular complexity index is 3500.